The zero-order valence-electron chi connectivity index (χ0n) is 16.3. The number of hydrogen-bond donors (Lipinski definition) is 2. The molecule has 2 aromatic carbocycles. The summed E-state index contributed by atoms with van der Waals surface area (Å²) in [4.78, 5) is 12.2. The van der Waals surface area contributed by atoms with Crippen molar-refractivity contribution in [1.82, 2.24) is 5.32 Å². The van der Waals surface area contributed by atoms with Gasteiger partial charge < -0.3 is 15.4 Å². The van der Waals surface area contributed by atoms with Crippen LogP contribution in [0.15, 0.2) is 48.5 Å². The fourth-order valence-electron chi connectivity index (χ4n) is 2.85. The maximum atomic E-state index is 12.2. The summed E-state index contributed by atoms with van der Waals surface area (Å²) in [5.41, 5.74) is 3.28. The van der Waals surface area contributed by atoms with Crippen LogP contribution in [0.4, 0.5) is 5.69 Å². The first-order valence-corrected chi connectivity index (χ1v) is 9.13. The normalized spacial score (nSPS) is 11.2. The number of rotatable bonds is 8. The number of nitrogens with one attached hydrogen (secondary N) is 2. The molecule has 0 radical (unpaired) electrons. The van der Waals surface area contributed by atoms with Crippen molar-refractivity contribution < 1.29 is 9.53 Å². The van der Waals surface area contributed by atoms with Gasteiger partial charge in [0.2, 0.25) is 5.91 Å². The number of anilines is 1. The minimum atomic E-state index is -0.00113. The first kappa shape index (κ1) is 20.0. The first-order chi connectivity index (χ1) is 12.4. The smallest absolute Gasteiger partial charge is 0.225 e. The Kier molecular flexibility index (Phi) is 7.22. The molecule has 0 saturated carbocycles. The second kappa shape index (κ2) is 9.39. The Morgan fingerprint density at radius 1 is 1.04 bits per heavy atom. The summed E-state index contributed by atoms with van der Waals surface area (Å²) in [7, 11) is 1.67. The van der Waals surface area contributed by atoms with E-state index in [4.69, 9.17) is 4.74 Å². The summed E-state index contributed by atoms with van der Waals surface area (Å²) >= 11 is 0. The van der Waals surface area contributed by atoms with Crippen LogP contribution in [0, 0.1) is 0 Å². The molecule has 4 nitrogen and oxygen atoms in total. The van der Waals surface area contributed by atoms with Gasteiger partial charge in [0.25, 0.3) is 0 Å². The Hall–Kier alpha value is -2.33. The zero-order valence-corrected chi connectivity index (χ0v) is 16.3. The minimum Gasteiger partial charge on any atom is -0.497 e. The van der Waals surface area contributed by atoms with Crippen molar-refractivity contribution in [2.24, 2.45) is 0 Å². The molecule has 2 aromatic rings. The van der Waals surface area contributed by atoms with Crippen molar-refractivity contribution in [1.29, 1.82) is 0 Å². The van der Waals surface area contributed by atoms with Crippen LogP contribution in [0.3, 0.4) is 0 Å². The van der Waals surface area contributed by atoms with Crippen LogP contribution in [0.1, 0.15) is 38.3 Å². The SMILES string of the molecule is COc1cccc(CCNCCC(=O)Nc2ccccc2C(C)(C)C)c1. The van der Waals surface area contributed by atoms with Gasteiger partial charge in [0.1, 0.15) is 5.75 Å². The van der Waals surface area contributed by atoms with Gasteiger partial charge in [0.05, 0.1) is 7.11 Å². The van der Waals surface area contributed by atoms with E-state index in [1.807, 2.05) is 36.4 Å². The van der Waals surface area contributed by atoms with Crippen LogP contribution in [0.2, 0.25) is 0 Å². The molecule has 0 aliphatic rings. The number of ether oxygens (including phenoxy) is 1. The summed E-state index contributed by atoms with van der Waals surface area (Å²) in [6.07, 6.45) is 1.36. The fourth-order valence-corrected chi connectivity index (χ4v) is 2.85. The highest BCUT2D eigenvalue weighted by Crippen LogP contribution is 2.29. The van der Waals surface area contributed by atoms with Crippen molar-refractivity contribution in [2.75, 3.05) is 25.5 Å². The van der Waals surface area contributed by atoms with E-state index in [1.165, 1.54) is 5.56 Å². The van der Waals surface area contributed by atoms with Crippen molar-refractivity contribution in [3.8, 4) is 5.75 Å². The highest BCUT2D eigenvalue weighted by Gasteiger charge is 2.18. The maximum Gasteiger partial charge on any atom is 0.225 e. The van der Waals surface area contributed by atoms with E-state index in [2.05, 4.69) is 43.5 Å². The third kappa shape index (κ3) is 6.19. The monoisotopic (exact) mass is 354 g/mol. The van der Waals surface area contributed by atoms with Crippen molar-refractivity contribution >= 4 is 11.6 Å². The summed E-state index contributed by atoms with van der Waals surface area (Å²) < 4.78 is 5.23. The number of hydrogen-bond acceptors (Lipinski definition) is 3. The predicted octanol–water partition coefficient (Wildman–Crippen LogP) is 4.15. The molecule has 140 valence electrons. The number of para-hydroxylation sites is 1. The molecule has 2 N–H and O–H groups in total. The lowest BCUT2D eigenvalue weighted by Crippen LogP contribution is -2.24. The number of benzene rings is 2. The Balaban J connectivity index is 1.74. The van der Waals surface area contributed by atoms with Gasteiger partial charge in [-0.15, -0.1) is 0 Å². The van der Waals surface area contributed by atoms with Crippen LogP contribution >= 0.6 is 0 Å². The highest BCUT2D eigenvalue weighted by molar-refractivity contribution is 5.91. The molecule has 0 atom stereocenters. The van der Waals surface area contributed by atoms with Crippen LogP contribution < -0.4 is 15.4 Å². The number of methoxy groups -OCH3 is 1. The summed E-state index contributed by atoms with van der Waals surface area (Å²) in [5.74, 6) is 0.912. The third-order valence-electron chi connectivity index (χ3n) is 4.26. The second-order valence-electron chi connectivity index (χ2n) is 7.45. The Morgan fingerprint density at radius 3 is 2.54 bits per heavy atom. The molecule has 0 fully saturated rings. The number of amides is 1. The quantitative estimate of drug-likeness (QED) is 0.700. The van der Waals surface area contributed by atoms with Crippen LogP contribution in [0.5, 0.6) is 5.75 Å². The molecule has 0 saturated heterocycles. The van der Waals surface area contributed by atoms with E-state index in [9.17, 15) is 4.79 Å². The largest absolute Gasteiger partial charge is 0.497 e. The standard InChI is InChI=1S/C22H30N2O2/c1-22(2,3)19-10-5-6-11-20(19)24-21(25)13-15-23-14-12-17-8-7-9-18(16-17)26-4/h5-11,16,23H,12-15H2,1-4H3,(H,24,25). The van der Waals surface area contributed by atoms with Gasteiger partial charge in [0.15, 0.2) is 0 Å². The Labute approximate surface area is 157 Å². The molecular weight excluding hydrogens is 324 g/mol. The van der Waals surface area contributed by atoms with Gasteiger partial charge in [-0.25, -0.2) is 0 Å². The topological polar surface area (TPSA) is 50.4 Å². The van der Waals surface area contributed by atoms with E-state index in [1.54, 1.807) is 7.11 Å². The van der Waals surface area contributed by atoms with Crippen LogP contribution in [0.25, 0.3) is 0 Å². The molecular formula is C22H30N2O2. The van der Waals surface area contributed by atoms with Crippen molar-refractivity contribution in [3.63, 3.8) is 0 Å². The van der Waals surface area contributed by atoms with E-state index in [0.29, 0.717) is 13.0 Å². The maximum absolute atomic E-state index is 12.2. The average molecular weight is 354 g/mol. The molecule has 0 aliphatic carbocycles. The third-order valence-corrected chi connectivity index (χ3v) is 4.26. The van der Waals surface area contributed by atoms with E-state index >= 15 is 0 Å². The Morgan fingerprint density at radius 2 is 1.81 bits per heavy atom. The van der Waals surface area contributed by atoms with Crippen molar-refractivity contribution in [2.45, 2.75) is 39.0 Å². The second-order valence-corrected chi connectivity index (χ2v) is 7.45. The van der Waals surface area contributed by atoms with E-state index in [0.717, 1.165) is 30.0 Å². The molecule has 0 heterocycles. The van der Waals surface area contributed by atoms with Crippen molar-refractivity contribution in [3.05, 3.63) is 59.7 Å². The lowest BCUT2D eigenvalue weighted by Gasteiger charge is -2.23. The molecule has 0 aliphatic heterocycles. The van der Waals surface area contributed by atoms with Gasteiger partial charge in [0, 0.05) is 18.7 Å². The first-order valence-electron chi connectivity index (χ1n) is 9.13. The molecule has 1 amide bonds. The highest BCUT2D eigenvalue weighted by atomic mass is 16.5. The lowest BCUT2D eigenvalue weighted by atomic mass is 9.86. The molecule has 0 aromatic heterocycles. The zero-order chi connectivity index (χ0) is 19.0. The van der Waals surface area contributed by atoms with Gasteiger partial charge in [-0.2, -0.15) is 0 Å². The summed E-state index contributed by atoms with van der Waals surface area (Å²) in [5, 5.41) is 6.38. The van der Waals surface area contributed by atoms with Gasteiger partial charge >= 0.3 is 0 Å². The molecule has 0 bridgehead atoms. The molecule has 4 heteroatoms. The number of carbonyl (C=O) groups is 1. The van der Waals surface area contributed by atoms with Gasteiger partial charge in [-0.1, -0.05) is 51.1 Å². The Bertz CT molecular complexity index is 720. The summed E-state index contributed by atoms with van der Waals surface area (Å²) in [6, 6.07) is 16.1. The minimum absolute atomic E-state index is 0.00113. The van der Waals surface area contributed by atoms with Gasteiger partial charge in [-0.05, 0) is 47.7 Å². The molecule has 0 unspecified atom stereocenters. The molecule has 26 heavy (non-hydrogen) atoms. The average Bonchev–Trinajstić information content (AvgIpc) is 2.61. The van der Waals surface area contributed by atoms with Crippen LogP contribution in [-0.4, -0.2) is 26.1 Å². The summed E-state index contributed by atoms with van der Waals surface area (Å²) in [6.45, 7) is 7.95. The fraction of sp³-hybridized carbons (Fsp3) is 0.409. The molecule has 2 rings (SSSR count). The van der Waals surface area contributed by atoms with Gasteiger partial charge in [-0.3, -0.25) is 4.79 Å². The van der Waals surface area contributed by atoms with E-state index < -0.39 is 0 Å². The van der Waals surface area contributed by atoms with E-state index in [-0.39, 0.29) is 11.3 Å². The number of carbonyl (C=O) groups excluding carboxylic acids is 1. The molecule has 0 spiro atoms. The lowest BCUT2D eigenvalue weighted by molar-refractivity contribution is -0.116. The van der Waals surface area contributed by atoms with Crippen LogP contribution in [-0.2, 0) is 16.6 Å². The predicted molar refractivity (Wildman–Crippen MR) is 108 cm³/mol.